The van der Waals surface area contributed by atoms with Gasteiger partial charge < -0.3 is 4.74 Å². The molecule has 1 rings (SSSR count). The van der Waals surface area contributed by atoms with Crippen LogP contribution in [0.3, 0.4) is 0 Å². The van der Waals surface area contributed by atoms with Crippen LogP contribution in [-0.4, -0.2) is 28.4 Å². The lowest BCUT2D eigenvalue weighted by Gasteiger charge is -2.03. The lowest BCUT2D eigenvalue weighted by Crippen LogP contribution is -2.12. The van der Waals surface area contributed by atoms with Crippen LogP contribution in [0.5, 0.6) is 0 Å². The normalized spacial score (nSPS) is 18.6. The summed E-state index contributed by atoms with van der Waals surface area (Å²) in [5.74, 6) is -0.437. The van der Waals surface area contributed by atoms with Crippen LogP contribution in [0.15, 0.2) is 23.8 Å². The van der Waals surface area contributed by atoms with Gasteiger partial charge in [0, 0.05) is 6.08 Å². The van der Waals surface area contributed by atoms with Gasteiger partial charge in [0.25, 0.3) is 11.8 Å². The summed E-state index contributed by atoms with van der Waals surface area (Å²) in [6.45, 7) is 0. The standard InChI is InChI=1S/C9H9ClNO2S/c1-11(10)8-4-2-7(3-5-8)9(12)13-6-14/h2-4,6H,5H2,1H3/q+1. The van der Waals surface area contributed by atoms with E-state index in [1.165, 1.54) is 4.09 Å². The molecular formula is C9H9ClNO2S+. The molecular weight excluding hydrogens is 222 g/mol. The predicted octanol–water partition coefficient (Wildman–Crippen LogP) is 1.61. The average molecular weight is 231 g/mol. The Morgan fingerprint density at radius 3 is 2.86 bits per heavy atom. The van der Waals surface area contributed by atoms with Crippen molar-refractivity contribution in [1.82, 2.24) is 0 Å². The number of hydrogen-bond donors (Lipinski definition) is 0. The maximum Gasteiger partial charge on any atom is 0.343 e. The van der Waals surface area contributed by atoms with Crippen molar-refractivity contribution in [3.63, 3.8) is 0 Å². The lowest BCUT2D eigenvalue weighted by molar-refractivity contribution is -0.332. The molecule has 0 saturated heterocycles. The molecule has 0 heterocycles. The smallest absolute Gasteiger partial charge is 0.343 e. The second-order valence-electron chi connectivity index (χ2n) is 2.67. The molecule has 1 aliphatic rings. The van der Waals surface area contributed by atoms with Crippen molar-refractivity contribution in [3.05, 3.63) is 23.8 Å². The summed E-state index contributed by atoms with van der Waals surface area (Å²) in [6.07, 6.45) is 5.78. The van der Waals surface area contributed by atoms with Crippen LogP contribution in [0.2, 0.25) is 0 Å². The van der Waals surface area contributed by atoms with Crippen LogP contribution in [-0.2, 0) is 9.53 Å². The van der Waals surface area contributed by atoms with Gasteiger partial charge in [0.1, 0.15) is 0 Å². The second-order valence-corrected chi connectivity index (χ2v) is 3.37. The Balaban J connectivity index is 2.73. The van der Waals surface area contributed by atoms with Gasteiger partial charge in [-0.05, 0) is 18.3 Å². The Bertz CT molecular complexity index is 354. The molecule has 0 N–H and O–H groups in total. The molecule has 0 aliphatic heterocycles. The molecule has 0 spiro atoms. The van der Waals surface area contributed by atoms with Crippen molar-refractivity contribution in [1.29, 1.82) is 0 Å². The number of ether oxygens (including phenoxy) is 1. The van der Waals surface area contributed by atoms with E-state index in [1.54, 1.807) is 25.3 Å². The van der Waals surface area contributed by atoms with Gasteiger partial charge in [-0.25, -0.2) is 4.79 Å². The van der Waals surface area contributed by atoms with Gasteiger partial charge in [-0.1, -0.05) is 6.08 Å². The van der Waals surface area contributed by atoms with Crippen LogP contribution in [0.4, 0.5) is 0 Å². The van der Waals surface area contributed by atoms with Crippen LogP contribution in [0.1, 0.15) is 6.42 Å². The highest BCUT2D eigenvalue weighted by molar-refractivity contribution is 7.78. The molecule has 74 valence electrons. The van der Waals surface area contributed by atoms with Gasteiger partial charge >= 0.3 is 5.97 Å². The number of thiocarbonyl (C=S) groups is 1. The Morgan fingerprint density at radius 1 is 1.71 bits per heavy atom. The minimum absolute atomic E-state index is 0.437. The summed E-state index contributed by atoms with van der Waals surface area (Å²) in [5, 5.41) is 0. The second kappa shape index (κ2) is 5.02. The monoisotopic (exact) mass is 230 g/mol. The molecule has 0 atom stereocenters. The van der Waals surface area contributed by atoms with Gasteiger partial charge in [0.15, 0.2) is 12.6 Å². The summed E-state index contributed by atoms with van der Waals surface area (Å²) in [4.78, 5) is 11.2. The molecule has 0 fully saturated rings. The van der Waals surface area contributed by atoms with Crippen molar-refractivity contribution in [2.75, 3.05) is 7.05 Å². The quantitative estimate of drug-likeness (QED) is 0.410. The molecule has 0 aromatic heterocycles. The predicted molar refractivity (Wildman–Crippen MR) is 58.6 cm³/mol. The van der Waals surface area contributed by atoms with E-state index in [2.05, 4.69) is 17.0 Å². The van der Waals surface area contributed by atoms with E-state index < -0.39 is 5.97 Å². The molecule has 0 aromatic rings. The fraction of sp³-hybridized carbons (Fsp3) is 0.222. The van der Waals surface area contributed by atoms with Gasteiger partial charge in [-0.3, -0.25) is 0 Å². The fourth-order valence-electron chi connectivity index (χ4n) is 1.03. The molecule has 3 nitrogen and oxygen atoms in total. The van der Waals surface area contributed by atoms with Crippen LogP contribution >= 0.6 is 24.0 Å². The first-order valence-electron chi connectivity index (χ1n) is 3.93. The SMILES string of the molecule is C[N+](Cl)=C1C=CC(C(=O)OC=S)=CC1. The zero-order chi connectivity index (χ0) is 10.6. The first-order chi connectivity index (χ1) is 6.65. The molecule has 0 radical (unpaired) electrons. The molecule has 0 unspecified atom stereocenters. The Hall–Kier alpha value is -1.000. The summed E-state index contributed by atoms with van der Waals surface area (Å²) in [7, 11) is 1.73. The number of esters is 1. The molecule has 1 aliphatic carbocycles. The number of rotatable bonds is 2. The zero-order valence-corrected chi connectivity index (χ0v) is 9.14. The fourth-order valence-corrected chi connectivity index (χ4v) is 1.24. The molecule has 14 heavy (non-hydrogen) atoms. The first kappa shape index (κ1) is 11.1. The van der Waals surface area contributed by atoms with E-state index in [-0.39, 0.29) is 0 Å². The summed E-state index contributed by atoms with van der Waals surface area (Å²) in [5.41, 5.74) is 2.36. The number of hydrogen-bond acceptors (Lipinski definition) is 3. The van der Waals surface area contributed by atoms with Crippen molar-refractivity contribution in [2.24, 2.45) is 0 Å². The Morgan fingerprint density at radius 2 is 2.43 bits per heavy atom. The van der Waals surface area contributed by atoms with Crippen molar-refractivity contribution < 1.29 is 13.6 Å². The van der Waals surface area contributed by atoms with E-state index in [0.29, 0.717) is 12.0 Å². The Labute approximate surface area is 92.4 Å². The molecule has 5 heteroatoms. The maximum atomic E-state index is 11.2. The minimum Gasteiger partial charge on any atom is -0.419 e. The van der Waals surface area contributed by atoms with Gasteiger partial charge in [0.05, 0.1) is 12.0 Å². The molecule has 0 bridgehead atoms. The highest BCUT2D eigenvalue weighted by Gasteiger charge is 2.15. The number of allylic oxidation sites excluding steroid dienone is 2. The summed E-state index contributed by atoms with van der Waals surface area (Å²) >= 11 is 10.1. The number of halogens is 1. The van der Waals surface area contributed by atoms with Crippen molar-refractivity contribution >= 4 is 41.2 Å². The van der Waals surface area contributed by atoms with Crippen molar-refractivity contribution in [2.45, 2.75) is 6.42 Å². The number of carbonyl (C=O) groups is 1. The molecule has 0 aromatic carbocycles. The van der Waals surface area contributed by atoms with Crippen LogP contribution in [0, 0.1) is 0 Å². The highest BCUT2D eigenvalue weighted by Crippen LogP contribution is 2.10. The number of nitrogens with zero attached hydrogens (tertiary/aromatic N) is 1. The molecule has 0 saturated carbocycles. The summed E-state index contributed by atoms with van der Waals surface area (Å²) in [6, 6.07) is 0. The topological polar surface area (TPSA) is 29.3 Å². The maximum absolute atomic E-state index is 11.2. The van der Waals surface area contributed by atoms with E-state index in [4.69, 9.17) is 11.8 Å². The minimum atomic E-state index is -0.437. The number of carbonyl (C=O) groups excluding carboxylic acids is 1. The van der Waals surface area contributed by atoms with Gasteiger partial charge in [0.2, 0.25) is 5.71 Å². The third kappa shape index (κ3) is 2.75. The van der Waals surface area contributed by atoms with Crippen molar-refractivity contribution in [3.8, 4) is 0 Å². The van der Waals surface area contributed by atoms with Gasteiger partial charge in [-0.2, -0.15) is 0 Å². The lowest BCUT2D eigenvalue weighted by atomic mass is 10.1. The van der Waals surface area contributed by atoms with Crippen LogP contribution < -0.4 is 0 Å². The van der Waals surface area contributed by atoms with E-state index in [0.717, 1.165) is 11.3 Å². The Kier molecular flexibility index (Phi) is 3.98. The van der Waals surface area contributed by atoms with E-state index in [9.17, 15) is 4.79 Å². The highest BCUT2D eigenvalue weighted by atomic mass is 35.5. The third-order valence-electron chi connectivity index (χ3n) is 1.77. The first-order valence-corrected chi connectivity index (χ1v) is 4.74. The average Bonchev–Trinajstić information content (AvgIpc) is 2.18. The van der Waals surface area contributed by atoms with Crippen LogP contribution in [0.25, 0.3) is 0 Å². The third-order valence-corrected chi connectivity index (χ3v) is 2.09. The van der Waals surface area contributed by atoms with Gasteiger partial charge in [-0.15, -0.1) is 4.09 Å². The van der Waals surface area contributed by atoms with E-state index >= 15 is 0 Å². The van der Waals surface area contributed by atoms with E-state index in [1.807, 2.05) is 0 Å². The largest absolute Gasteiger partial charge is 0.419 e. The zero-order valence-electron chi connectivity index (χ0n) is 7.57. The summed E-state index contributed by atoms with van der Waals surface area (Å²) < 4.78 is 6.03. The molecule has 0 amide bonds.